The highest BCUT2D eigenvalue weighted by atomic mass is 32.2. The molecule has 0 spiro atoms. The molecule has 1 heterocycles. The fourth-order valence-electron chi connectivity index (χ4n) is 2.93. The number of benzene rings is 3. The third-order valence-corrected chi connectivity index (χ3v) is 5.80. The van der Waals surface area contributed by atoms with E-state index in [1.165, 1.54) is 0 Å². The van der Waals surface area contributed by atoms with Crippen molar-refractivity contribution < 1.29 is 13.2 Å². The number of sulfonamides is 1. The SMILES string of the molecule is Cc1ccc(C(=O)N2c3cccc4cccc(c34)S2(=O)=O)cc1. The summed E-state index contributed by atoms with van der Waals surface area (Å²) in [5.74, 6) is -0.534. The number of aryl methyl sites for hydroxylation is 1. The Labute approximate surface area is 134 Å². The van der Waals surface area contributed by atoms with E-state index in [1.807, 2.05) is 19.1 Å². The third kappa shape index (κ3) is 1.90. The lowest BCUT2D eigenvalue weighted by atomic mass is 10.1. The Hall–Kier alpha value is -2.66. The maximum absolute atomic E-state index is 12.9. The van der Waals surface area contributed by atoms with E-state index in [1.54, 1.807) is 48.5 Å². The van der Waals surface area contributed by atoms with E-state index in [9.17, 15) is 13.2 Å². The summed E-state index contributed by atoms with van der Waals surface area (Å²) in [7, 11) is -3.87. The van der Waals surface area contributed by atoms with Crippen LogP contribution in [-0.4, -0.2) is 14.3 Å². The van der Waals surface area contributed by atoms with E-state index in [4.69, 9.17) is 0 Å². The zero-order chi connectivity index (χ0) is 16.2. The Balaban J connectivity index is 1.96. The first kappa shape index (κ1) is 14.0. The zero-order valence-electron chi connectivity index (χ0n) is 12.4. The van der Waals surface area contributed by atoms with Gasteiger partial charge in [0.2, 0.25) is 0 Å². The number of amides is 1. The minimum atomic E-state index is -3.87. The smallest absolute Gasteiger partial charge is 0.268 e. The minimum absolute atomic E-state index is 0.186. The van der Waals surface area contributed by atoms with Gasteiger partial charge in [-0.15, -0.1) is 0 Å². The van der Waals surface area contributed by atoms with Crippen LogP contribution in [0.1, 0.15) is 15.9 Å². The van der Waals surface area contributed by atoms with Gasteiger partial charge < -0.3 is 0 Å². The molecule has 3 aromatic rings. The third-order valence-electron chi connectivity index (χ3n) is 4.06. The molecule has 0 unspecified atom stereocenters. The summed E-state index contributed by atoms with van der Waals surface area (Å²) in [4.78, 5) is 13.0. The van der Waals surface area contributed by atoms with E-state index < -0.39 is 15.9 Å². The Morgan fingerprint density at radius 1 is 0.913 bits per heavy atom. The van der Waals surface area contributed by atoms with Crippen molar-refractivity contribution in [2.75, 3.05) is 4.31 Å². The number of carbonyl (C=O) groups excluding carboxylic acids is 1. The number of anilines is 1. The fourth-order valence-corrected chi connectivity index (χ4v) is 4.59. The minimum Gasteiger partial charge on any atom is -0.268 e. The van der Waals surface area contributed by atoms with Crippen LogP contribution in [0.25, 0.3) is 10.8 Å². The monoisotopic (exact) mass is 323 g/mol. The van der Waals surface area contributed by atoms with Crippen LogP contribution in [0, 0.1) is 6.92 Å². The van der Waals surface area contributed by atoms with Crippen LogP contribution < -0.4 is 4.31 Å². The molecule has 0 bridgehead atoms. The van der Waals surface area contributed by atoms with E-state index in [0.717, 1.165) is 15.3 Å². The second kappa shape index (κ2) is 4.67. The van der Waals surface area contributed by atoms with Gasteiger partial charge in [0.05, 0.1) is 10.6 Å². The van der Waals surface area contributed by atoms with Gasteiger partial charge in [-0.1, -0.05) is 42.0 Å². The maximum atomic E-state index is 12.9. The molecule has 4 nitrogen and oxygen atoms in total. The first-order valence-electron chi connectivity index (χ1n) is 7.18. The molecule has 0 atom stereocenters. The van der Waals surface area contributed by atoms with E-state index in [0.29, 0.717) is 16.6 Å². The van der Waals surface area contributed by atoms with Crippen molar-refractivity contribution in [3.63, 3.8) is 0 Å². The summed E-state index contributed by atoms with van der Waals surface area (Å²) in [5.41, 5.74) is 1.78. The lowest BCUT2D eigenvalue weighted by molar-refractivity contribution is 0.101. The van der Waals surface area contributed by atoms with Crippen molar-refractivity contribution in [1.82, 2.24) is 0 Å². The number of nitrogens with zero attached hydrogens (tertiary/aromatic N) is 1. The molecule has 0 fully saturated rings. The quantitative estimate of drug-likeness (QED) is 0.689. The summed E-state index contributed by atoms with van der Waals surface area (Å²) in [6.07, 6.45) is 0. The molecule has 1 aliphatic heterocycles. The normalized spacial score (nSPS) is 15.1. The first-order chi connectivity index (χ1) is 11.0. The summed E-state index contributed by atoms with van der Waals surface area (Å²) >= 11 is 0. The first-order valence-corrected chi connectivity index (χ1v) is 8.62. The summed E-state index contributed by atoms with van der Waals surface area (Å²) in [5, 5.41) is 1.42. The molecule has 0 saturated heterocycles. The Morgan fingerprint density at radius 2 is 1.57 bits per heavy atom. The van der Waals surface area contributed by atoms with Gasteiger partial charge in [0.15, 0.2) is 0 Å². The molecule has 1 amide bonds. The van der Waals surface area contributed by atoms with Crippen LogP contribution >= 0.6 is 0 Å². The summed E-state index contributed by atoms with van der Waals surface area (Å²) < 4.78 is 26.6. The Kier molecular flexibility index (Phi) is 2.83. The molecular weight excluding hydrogens is 310 g/mol. The molecule has 0 aromatic heterocycles. The molecule has 0 radical (unpaired) electrons. The average Bonchev–Trinajstić information content (AvgIpc) is 2.77. The molecule has 4 rings (SSSR count). The Morgan fingerprint density at radius 3 is 2.26 bits per heavy atom. The molecule has 3 aromatic carbocycles. The van der Waals surface area contributed by atoms with E-state index >= 15 is 0 Å². The van der Waals surface area contributed by atoms with Gasteiger partial charge in [-0.25, -0.2) is 8.42 Å². The largest absolute Gasteiger partial charge is 0.272 e. The maximum Gasteiger partial charge on any atom is 0.272 e. The van der Waals surface area contributed by atoms with Gasteiger partial charge in [-0.2, -0.15) is 4.31 Å². The van der Waals surface area contributed by atoms with Crippen molar-refractivity contribution in [1.29, 1.82) is 0 Å². The van der Waals surface area contributed by atoms with Gasteiger partial charge >= 0.3 is 0 Å². The summed E-state index contributed by atoms with van der Waals surface area (Å²) in [6, 6.07) is 17.2. The lowest BCUT2D eigenvalue weighted by Crippen LogP contribution is -2.33. The standard InChI is InChI=1S/C18H13NO3S/c1-12-8-10-14(11-9-12)18(20)19-15-6-2-4-13-5-3-7-16(17(13)15)23(19,21)22/h2-11H,1H3. The van der Waals surface area contributed by atoms with Gasteiger partial charge in [0, 0.05) is 10.9 Å². The second-order valence-electron chi connectivity index (χ2n) is 5.57. The summed E-state index contributed by atoms with van der Waals surface area (Å²) in [6.45, 7) is 1.91. The molecule has 5 heteroatoms. The lowest BCUT2D eigenvalue weighted by Gasteiger charge is -2.16. The number of rotatable bonds is 1. The molecule has 0 saturated carbocycles. The van der Waals surface area contributed by atoms with Gasteiger partial charge in [-0.05, 0) is 36.6 Å². The van der Waals surface area contributed by atoms with E-state index in [-0.39, 0.29) is 4.90 Å². The van der Waals surface area contributed by atoms with Crippen molar-refractivity contribution in [3.05, 3.63) is 71.8 Å². The van der Waals surface area contributed by atoms with Crippen molar-refractivity contribution in [3.8, 4) is 0 Å². The van der Waals surface area contributed by atoms with Crippen LogP contribution in [0.4, 0.5) is 5.69 Å². The molecule has 1 aliphatic rings. The van der Waals surface area contributed by atoms with Crippen molar-refractivity contribution >= 4 is 32.4 Å². The molecule has 0 aliphatic carbocycles. The predicted octanol–water partition coefficient (Wildman–Crippen LogP) is 3.50. The predicted molar refractivity (Wildman–Crippen MR) is 89.1 cm³/mol. The second-order valence-corrected chi connectivity index (χ2v) is 7.33. The number of hydrogen-bond donors (Lipinski definition) is 0. The highest BCUT2D eigenvalue weighted by Crippen LogP contribution is 2.42. The number of carbonyl (C=O) groups is 1. The molecule has 114 valence electrons. The molecular formula is C18H13NO3S. The Bertz CT molecular complexity index is 1050. The fraction of sp³-hybridized carbons (Fsp3) is 0.0556. The topological polar surface area (TPSA) is 54.5 Å². The molecule has 23 heavy (non-hydrogen) atoms. The van der Waals surface area contributed by atoms with Crippen molar-refractivity contribution in [2.45, 2.75) is 11.8 Å². The van der Waals surface area contributed by atoms with E-state index in [2.05, 4.69) is 0 Å². The highest BCUT2D eigenvalue weighted by Gasteiger charge is 2.40. The number of hydrogen-bond acceptors (Lipinski definition) is 3. The van der Waals surface area contributed by atoms with Gasteiger partial charge in [-0.3, -0.25) is 4.79 Å². The molecule has 0 N–H and O–H groups in total. The highest BCUT2D eigenvalue weighted by molar-refractivity contribution is 7.94. The van der Waals surface area contributed by atoms with Gasteiger partial charge in [0.1, 0.15) is 0 Å². The van der Waals surface area contributed by atoms with Gasteiger partial charge in [0.25, 0.3) is 15.9 Å². The van der Waals surface area contributed by atoms with Crippen LogP contribution in [0.3, 0.4) is 0 Å². The van der Waals surface area contributed by atoms with Crippen LogP contribution in [0.5, 0.6) is 0 Å². The van der Waals surface area contributed by atoms with Crippen molar-refractivity contribution in [2.24, 2.45) is 0 Å². The van der Waals surface area contributed by atoms with Crippen LogP contribution in [0.2, 0.25) is 0 Å². The average molecular weight is 323 g/mol. The van der Waals surface area contributed by atoms with Crippen LogP contribution in [0.15, 0.2) is 65.6 Å². The van der Waals surface area contributed by atoms with Crippen LogP contribution in [-0.2, 0) is 10.0 Å². The zero-order valence-corrected chi connectivity index (χ0v) is 13.2.